The third-order valence-corrected chi connectivity index (χ3v) is 5.29. The number of H-pyrrole nitrogens is 1. The molecule has 2 atom stereocenters. The second-order valence-corrected chi connectivity index (χ2v) is 7.10. The van der Waals surface area contributed by atoms with Gasteiger partial charge >= 0.3 is 5.97 Å². The number of carbonyl (C=O) groups is 2. The molecule has 1 saturated heterocycles. The molecule has 0 saturated carbocycles. The number of nitrogens with one attached hydrogen (secondary N) is 1. The number of carbonyl (C=O) groups excluding carboxylic acids is 1. The maximum Gasteiger partial charge on any atom is 0.308 e. The number of likely N-dealkylation sites (tertiary alicyclic amines) is 1. The SMILES string of the molecule is Cc1[nH]c(-c2ccccc2)nc1C(=O)N1C[C@H](C(=O)O)[C@@H](c2ccccc2)C1. The Kier molecular flexibility index (Phi) is 4.69. The average Bonchev–Trinajstić information content (AvgIpc) is 3.33. The van der Waals surface area contributed by atoms with Crippen molar-refractivity contribution in [2.45, 2.75) is 12.8 Å². The van der Waals surface area contributed by atoms with E-state index in [1.54, 1.807) is 4.90 Å². The van der Waals surface area contributed by atoms with Gasteiger partial charge in [-0.15, -0.1) is 0 Å². The molecule has 6 nitrogen and oxygen atoms in total. The summed E-state index contributed by atoms with van der Waals surface area (Å²) >= 11 is 0. The van der Waals surface area contributed by atoms with E-state index in [9.17, 15) is 14.7 Å². The zero-order valence-electron chi connectivity index (χ0n) is 15.5. The molecule has 28 heavy (non-hydrogen) atoms. The number of imidazole rings is 1. The number of aryl methyl sites for hydroxylation is 1. The van der Waals surface area contributed by atoms with Gasteiger partial charge in [-0.25, -0.2) is 4.98 Å². The van der Waals surface area contributed by atoms with Crippen LogP contribution in [0.2, 0.25) is 0 Å². The summed E-state index contributed by atoms with van der Waals surface area (Å²) in [5.74, 6) is -1.33. The molecule has 2 heterocycles. The standard InChI is InChI=1S/C22H21N3O3/c1-14-19(24-20(23-14)16-10-6-3-7-11-16)21(26)25-12-17(18(13-25)22(27)28)15-8-4-2-5-9-15/h2-11,17-18H,12-13H2,1H3,(H,23,24)(H,27,28)/t17-,18+/m1/s1. The van der Waals surface area contributed by atoms with Gasteiger partial charge in [-0.05, 0) is 12.5 Å². The second kappa shape index (κ2) is 7.31. The number of rotatable bonds is 4. The van der Waals surface area contributed by atoms with Crippen LogP contribution in [0.3, 0.4) is 0 Å². The number of carboxylic acid groups (broad SMARTS) is 1. The van der Waals surface area contributed by atoms with E-state index < -0.39 is 11.9 Å². The van der Waals surface area contributed by atoms with Gasteiger partial charge in [0.05, 0.1) is 5.92 Å². The lowest BCUT2D eigenvalue weighted by atomic mass is 9.89. The van der Waals surface area contributed by atoms with Crippen LogP contribution >= 0.6 is 0 Å². The van der Waals surface area contributed by atoms with Crippen LogP contribution in [0.5, 0.6) is 0 Å². The van der Waals surface area contributed by atoms with E-state index in [0.29, 0.717) is 23.8 Å². The van der Waals surface area contributed by atoms with E-state index in [1.165, 1.54) is 0 Å². The molecule has 3 aromatic rings. The van der Waals surface area contributed by atoms with Gasteiger partial charge in [0.1, 0.15) is 11.5 Å². The maximum atomic E-state index is 13.1. The Balaban J connectivity index is 1.60. The fourth-order valence-corrected chi connectivity index (χ4v) is 3.81. The number of hydrogen-bond donors (Lipinski definition) is 2. The zero-order chi connectivity index (χ0) is 19.7. The number of amides is 1. The molecule has 1 aliphatic heterocycles. The van der Waals surface area contributed by atoms with Crippen molar-refractivity contribution in [2.75, 3.05) is 13.1 Å². The van der Waals surface area contributed by atoms with Crippen LogP contribution in [0.15, 0.2) is 60.7 Å². The lowest BCUT2D eigenvalue weighted by Crippen LogP contribution is -2.30. The first kappa shape index (κ1) is 18.0. The molecule has 142 valence electrons. The molecule has 0 aliphatic carbocycles. The van der Waals surface area contributed by atoms with Gasteiger partial charge in [-0.2, -0.15) is 0 Å². The highest BCUT2D eigenvalue weighted by Gasteiger charge is 2.41. The Labute approximate surface area is 162 Å². The number of aromatic amines is 1. The predicted molar refractivity (Wildman–Crippen MR) is 105 cm³/mol. The highest BCUT2D eigenvalue weighted by molar-refractivity contribution is 5.95. The Morgan fingerprint density at radius 3 is 2.32 bits per heavy atom. The van der Waals surface area contributed by atoms with Crippen molar-refractivity contribution in [3.05, 3.63) is 77.6 Å². The highest BCUT2D eigenvalue weighted by Crippen LogP contribution is 2.34. The average molecular weight is 375 g/mol. The van der Waals surface area contributed by atoms with Crippen molar-refractivity contribution < 1.29 is 14.7 Å². The molecule has 2 N–H and O–H groups in total. The van der Waals surface area contributed by atoms with E-state index in [1.807, 2.05) is 67.6 Å². The molecule has 1 aromatic heterocycles. The Morgan fingerprint density at radius 1 is 1.04 bits per heavy atom. The number of aliphatic carboxylic acids is 1. The summed E-state index contributed by atoms with van der Waals surface area (Å²) in [5, 5.41) is 9.66. The topological polar surface area (TPSA) is 86.3 Å². The monoisotopic (exact) mass is 375 g/mol. The molecule has 0 bridgehead atoms. The smallest absolute Gasteiger partial charge is 0.308 e. The number of nitrogens with zero attached hydrogens (tertiary/aromatic N) is 2. The Morgan fingerprint density at radius 2 is 1.68 bits per heavy atom. The summed E-state index contributed by atoms with van der Waals surface area (Å²) in [5.41, 5.74) is 2.86. The van der Waals surface area contributed by atoms with E-state index in [2.05, 4.69) is 9.97 Å². The molecule has 1 aliphatic rings. The van der Waals surface area contributed by atoms with Gasteiger partial charge in [0.15, 0.2) is 0 Å². The van der Waals surface area contributed by atoms with Crippen molar-refractivity contribution in [2.24, 2.45) is 5.92 Å². The van der Waals surface area contributed by atoms with Crippen molar-refractivity contribution in [1.29, 1.82) is 0 Å². The zero-order valence-corrected chi connectivity index (χ0v) is 15.5. The van der Waals surface area contributed by atoms with E-state index >= 15 is 0 Å². The largest absolute Gasteiger partial charge is 0.481 e. The summed E-state index contributed by atoms with van der Waals surface area (Å²) in [6, 6.07) is 19.1. The minimum absolute atomic E-state index is 0.181. The molecule has 0 radical (unpaired) electrons. The van der Waals surface area contributed by atoms with Crippen molar-refractivity contribution in [3.8, 4) is 11.4 Å². The predicted octanol–water partition coefficient (Wildman–Crippen LogP) is 3.33. The van der Waals surface area contributed by atoms with Gasteiger partial charge in [-0.3, -0.25) is 9.59 Å². The minimum atomic E-state index is -0.882. The highest BCUT2D eigenvalue weighted by atomic mass is 16.4. The van der Waals surface area contributed by atoms with Gasteiger partial charge in [0, 0.05) is 30.3 Å². The van der Waals surface area contributed by atoms with Crippen LogP contribution in [-0.4, -0.2) is 44.9 Å². The molecular weight excluding hydrogens is 354 g/mol. The Bertz CT molecular complexity index is 998. The molecule has 0 unspecified atom stereocenters. The minimum Gasteiger partial charge on any atom is -0.481 e. The van der Waals surface area contributed by atoms with Crippen molar-refractivity contribution >= 4 is 11.9 Å². The number of hydrogen-bond acceptors (Lipinski definition) is 3. The third kappa shape index (κ3) is 3.29. The lowest BCUT2D eigenvalue weighted by Gasteiger charge is -2.15. The van der Waals surface area contributed by atoms with E-state index in [0.717, 1.165) is 11.1 Å². The van der Waals surface area contributed by atoms with Gasteiger partial charge in [0.25, 0.3) is 5.91 Å². The molecule has 2 aromatic carbocycles. The van der Waals surface area contributed by atoms with Crippen LogP contribution in [0.25, 0.3) is 11.4 Å². The molecular formula is C22H21N3O3. The summed E-state index contributed by atoms with van der Waals surface area (Å²) in [6.07, 6.45) is 0. The molecule has 0 spiro atoms. The normalized spacial score (nSPS) is 19.0. The molecule has 1 amide bonds. The van der Waals surface area contributed by atoms with Crippen LogP contribution in [-0.2, 0) is 4.79 Å². The molecule has 1 fully saturated rings. The number of benzene rings is 2. The second-order valence-electron chi connectivity index (χ2n) is 7.10. The van der Waals surface area contributed by atoms with Crippen molar-refractivity contribution in [1.82, 2.24) is 14.9 Å². The lowest BCUT2D eigenvalue weighted by molar-refractivity contribution is -0.141. The summed E-state index contributed by atoms with van der Waals surface area (Å²) in [7, 11) is 0. The van der Waals surface area contributed by atoms with Crippen LogP contribution in [0.4, 0.5) is 0 Å². The quantitative estimate of drug-likeness (QED) is 0.732. The van der Waals surface area contributed by atoms with Crippen LogP contribution in [0.1, 0.15) is 27.7 Å². The van der Waals surface area contributed by atoms with E-state index in [4.69, 9.17) is 0 Å². The van der Waals surface area contributed by atoms with Crippen LogP contribution in [0, 0.1) is 12.8 Å². The van der Waals surface area contributed by atoms with Gasteiger partial charge < -0.3 is 15.0 Å². The van der Waals surface area contributed by atoms with Crippen molar-refractivity contribution in [3.63, 3.8) is 0 Å². The summed E-state index contributed by atoms with van der Waals surface area (Å²) < 4.78 is 0. The summed E-state index contributed by atoms with van der Waals surface area (Å²) in [4.78, 5) is 34.2. The van der Waals surface area contributed by atoms with E-state index in [-0.39, 0.29) is 18.4 Å². The number of aromatic nitrogens is 2. The first-order chi connectivity index (χ1) is 13.5. The third-order valence-electron chi connectivity index (χ3n) is 5.29. The number of carboxylic acids is 1. The van der Waals surface area contributed by atoms with Crippen LogP contribution < -0.4 is 0 Å². The fourth-order valence-electron chi connectivity index (χ4n) is 3.81. The fraction of sp³-hybridized carbons (Fsp3) is 0.227. The molecule has 4 rings (SSSR count). The van der Waals surface area contributed by atoms with Gasteiger partial charge in [0.2, 0.25) is 0 Å². The first-order valence-corrected chi connectivity index (χ1v) is 9.23. The Hall–Kier alpha value is -3.41. The molecule has 6 heteroatoms. The summed E-state index contributed by atoms with van der Waals surface area (Å²) in [6.45, 7) is 2.36. The maximum absolute atomic E-state index is 13.1. The van der Waals surface area contributed by atoms with Gasteiger partial charge in [-0.1, -0.05) is 60.7 Å². The first-order valence-electron chi connectivity index (χ1n) is 9.23.